The summed E-state index contributed by atoms with van der Waals surface area (Å²) in [4.78, 5) is 11.7. The van der Waals surface area contributed by atoms with Crippen molar-refractivity contribution in [1.82, 2.24) is 0 Å². The van der Waals surface area contributed by atoms with Gasteiger partial charge in [0.1, 0.15) is 6.61 Å². The van der Waals surface area contributed by atoms with E-state index in [0.29, 0.717) is 18.1 Å². The normalized spacial score (nSPS) is 16.3. The van der Waals surface area contributed by atoms with Crippen LogP contribution in [0, 0.1) is 0 Å². The summed E-state index contributed by atoms with van der Waals surface area (Å²) in [5.74, 6) is 0.825. The molecule has 0 aromatic heterocycles. The minimum Gasteiger partial charge on any atom is -0.485 e. The monoisotopic (exact) mass is 284 g/mol. The predicted octanol–water partition coefficient (Wildman–Crippen LogP) is 3.06. The number of benzene rings is 2. The quantitative estimate of drug-likeness (QED) is 0.813. The van der Waals surface area contributed by atoms with E-state index in [1.807, 2.05) is 48.5 Å². The number of carbonyl (C=O) groups excluding carboxylic acids is 1. The van der Waals surface area contributed by atoms with Crippen molar-refractivity contribution in [2.45, 2.75) is 13.0 Å². The number of fused-ring (bicyclic) bond motifs is 1. The molecule has 1 unspecified atom stereocenters. The largest absolute Gasteiger partial charge is 0.485 e. The summed E-state index contributed by atoms with van der Waals surface area (Å²) >= 11 is 0. The highest BCUT2D eigenvalue weighted by molar-refractivity contribution is 5.76. The number of hydrogen-bond donors (Lipinski definition) is 0. The van der Waals surface area contributed by atoms with Crippen molar-refractivity contribution < 1.29 is 19.0 Å². The van der Waals surface area contributed by atoms with E-state index in [-0.39, 0.29) is 6.61 Å². The predicted molar refractivity (Wildman–Crippen MR) is 78.4 cm³/mol. The standard InChI is InChI=1S/C17H16O4/c1-2-19-17(18)16-11-20-15-10-13(8-9-14(15)21-16)12-6-4-3-5-7-12/h3-10,16H,2,11H2,1H3. The van der Waals surface area contributed by atoms with Crippen LogP contribution in [-0.2, 0) is 9.53 Å². The topological polar surface area (TPSA) is 44.8 Å². The van der Waals surface area contributed by atoms with Crippen molar-refractivity contribution >= 4 is 5.97 Å². The maximum Gasteiger partial charge on any atom is 0.350 e. The first kappa shape index (κ1) is 13.5. The first-order valence-electron chi connectivity index (χ1n) is 6.93. The van der Waals surface area contributed by atoms with Gasteiger partial charge in [-0.2, -0.15) is 0 Å². The molecule has 0 saturated heterocycles. The minimum absolute atomic E-state index is 0.171. The molecule has 1 heterocycles. The molecule has 0 fully saturated rings. The van der Waals surface area contributed by atoms with Crippen molar-refractivity contribution in [3.8, 4) is 22.6 Å². The SMILES string of the molecule is CCOC(=O)C1COc2cc(-c3ccccc3)ccc2O1. The van der Waals surface area contributed by atoms with Gasteiger partial charge in [-0.25, -0.2) is 4.79 Å². The van der Waals surface area contributed by atoms with Crippen LogP contribution >= 0.6 is 0 Å². The molecule has 4 heteroatoms. The average Bonchev–Trinajstić information content (AvgIpc) is 2.55. The smallest absolute Gasteiger partial charge is 0.350 e. The first-order valence-corrected chi connectivity index (χ1v) is 6.93. The Kier molecular flexibility index (Phi) is 3.77. The molecule has 0 bridgehead atoms. The highest BCUT2D eigenvalue weighted by Gasteiger charge is 2.28. The Hall–Kier alpha value is -2.49. The van der Waals surface area contributed by atoms with Gasteiger partial charge in [0.05, 0.1) is 6.61 Å². The molecule has 0 radical (unpaired) electrons. The fourth-order valence-corrected chi connectivity index (χ4v) is 2.23. The summed E-state index contributed by atoms with van der Waals surface area (Å²) < 4.78 is 16.2. The Bertz CT molecular complexity index is 636. The second-order valence-electron chi connectivity index (χ2n) is 4.70. The van der Waals surface area contributed by atoms with E-state index < -0.39 is 12.1 Å². The number of ether oxygens (including phenoxy) is 3. The lowest BCUT2D eigenvalue weighted by atomic mass is 10.1. The van der Waals surface area contributed by atoms with Crippen LogP contribution in [0.3, 0.4) is 0 Å². The molecule has 3 rings (SSSR count). The second kappa shape index (κ2) is 5.87. The van der Waals surface area contributed by atoms with Gasteiger partial charge in [0.15, 0.2) is 11.5 Å². The zero-order chi connectivity index (χ0) is 14.7. The molecule has 1 atom stereocenters. The third kappa shape index (κ3) is 2.84. The van der Waals surface area contributed by atoms with Crippen molar-refractivity contribution in [3.05, 3.63) is 48.5 Å². The van der Waals surface area contributed by atoms with Gasteiger partial charge in [-0.05, 0) is 30.2 Å². The van der Waals surface area contributed by atoms with Gasteiger partial charge in [0.2, 0.25) is 6.10 Å². The van der Waals surface area contributed by atoms with Crippen LogP contribution in [0.15, 0.2) is 48.5 Å². The van der Waals surface area contributed by atoms with Gasteiger partial charge in [0.25, 0.3) is 0 Å². The number of carbonyl (C=O) groups is 1. The van der Waals surface area contributed by atoms with E-state index in [2.05, 4.69) is 0 Å². The molecule has 108 valence electrons. The zero-order valence-corrected chi connectivity index (χ0v) is 11.7. The van der Waals surface area contributed by atoms with Crippen LogP contribution in [0.2, 0.25) is 0 Å². The second-order valence-corrected chi connectivity index (χ2v) is 4.70. The highest BCUT2D eigenvalue weighted by Crippen LogP contribution is 2.35. The summed E-state index contributed by atoms with van der Waals surface area (Å²) in [6.45, 7) is 2.27. The molecule has 2 aromatic rings. The molecular weight excluding hydrogens is 268 g/mol. The summed E-state index contributed by atoms with van der Waals surface area (Å²) in [6, 6.07) is 15.7. The van der Waals surface area contributed by atoms with E-state index >= 15 is 0 Å². The lowest BCUT2D eigenvalue weighted by Gasteiger charge is -2.25. The Labute approximate surface area is 123 Å². The van der Waals surface area contributed by atoms with Gasteiger partial charge in [-0.1, -0.05) is 36.4 Å². The summed E-state index contributed by atoms with van der Waals surface area (Å²) in [5.41, 5.74) is 2.16. The first-order chi connectivity index (χ1) is 10.3. The highest BCUT2D eigenvalue weighted by atomic mass is 16.6. The van der Waals surface area contributed by atoms with E-state index in [9.17, 15) is 4.79 Å². The van der Waals surface area contributed by atoms with Gasteiger partial charge < -0.3 is 14.2 Å². The molecule has 1 aliphatic rings. The molecule has 0 amide bonds. The summed E-state index contributed by atoms with van der Waals surface area (Å²) in [5, 5.41) is 0. The Morgan fingerprint density at radius 2 is 1.95 bits per heavy atom. The molecule has 1 aliphatic heterocycles. The average molecular weight is 284 g/mol. The third-order valence-corrected chi connectivity index (χ3v) is 3.26. The summed E-state index contributed by atoms with van der Waals surface area (Å²) in [7, 11) is 0. The minimum atomic E-state index is -0.694. The van der Waals surface area contributed by atoms with Gasteiger partial charge in [-0.3, -0.25) is 0 Å². The Balaban J connectivity index is 1.81. The fraction of sp³-hybridized carbons (Fsp3) is 0.235. The van der Waals surface area contributed by atoms with Gasteiger partial charge in [-0.15, -0.1) is 0 Å². The number of hydrogen-bond acceptors (Lipinski definition) is 4. The third-order valence-electron chi connectivity index (χ3n) is 3.26. The maximum atomic E-state index is 11.7. The van der Waals surface area contributed by atoms with E-state index in [1.165, 1.54) is 0 Å². The van der Waals surface area contributed by atoms with Crippen LogP contribution in [0.1, 0.15) is 6.92 Å². The lowest BCUT2D eigenvalue weighted by molar-refractivity contribution is -0.153. The fourth-order valence-electron chi connectivity index (χ4n) is 2.23. The molecular formula is C17H16O4. The van der Waals surface area contributed by atoms with E-state index in [0.717, 1.165) is 11.1 Å². The summed E-state index contributed by atoms with van der Waals surface area (Å²) in [6.07, 6.45) is -0.694. The maximum absolute atomic E-state index is 11.7. The molecule has 0 saturated carbocycles. The van der Waals surface area contributed by atoms with Crippen molar-refractivity contribution in [2.24, 2.45) is 0 Å². The molecule has 0 N–H and O–H groups in total. The van der Waals surface area contributed by atoms with E-state index in [4.69, 9.17) is 14.2 Å². The molecule has 21 heavy (non-hydrogen) atoms. The van der Waals surface area contributed by atoms with E-state index in [1.54, 1.807) is 6.92 Å². The molecule has 4 nitrogen and oxygen atoms in total. The Morgan fingerprint density at radius 3 is 2.71 bits per heavy atom. The van der Waals surface area contributed by atoms with Crippen LogP contribution in [0.25, 0.3) is 11.1 Å². The molecule has 0 aliphatic carbocycles. The van der Waals surface area contributed by atoms with Crippen molar-refractivity contribution in [1.29, 1.82) is 0 Å². The Morgan fingerprint density at radius 1 is 1.14 bits per heavy atom. The van der Waals surface area contributed by atoms with Crippen LogP contribution < -0.4 is 9.47 Å². The number of rotatable bonds is 3. The van der Waals surface area contributed by atoms with Crippen LogP contribution in [0.5, 0.6) is 11.5 Å². The van der Waals surface area contributed by atoms with Crippen LogP contribution in [-0.4, -0.2) is 25.3 Å². The zero-order valence-electron chi connectivity index (χ0n) is 11.7. The lowest BCUT2D eigenvalue weighted by Crippen LogP contribution is -2.37. The van der Waals surface area contributed by atoms with Gasteiger partial charge in [0, 0.05) is 0 Å². The van der Waals surface area contributed by atoms with Gasteiger partial charge >= 0.3 is 5.97 Å². The number of esters is 1. The van der Waals surface area contributed by atoms with Crippen molar-refractivity contribution in [3.63, 3.8) is 0 Å². The van der Waals surface area contributed by atoms with Crippen LogP contribution in [0.4, 0.5) is 0 Å². The van der Waals surface area contributed by atoms with Crippen molar-refractivity contribution in [2.75, 3.05) is 13.2 Å². The molecule has 2 aromatic carbocycles. The molecule has 0 spiro atoms.